The summed E-state index contributed by atoms with van der Waals surface area (Å²) in [6, 6.07) is 7.63. The van der Waals surface area contributed by atoms with E-state index in [2.05, 4.69) is 0 Å². The fourth-order valence-corrected chi connectivity index (χ4v) is 4.99. The van der Waals surface area contributed by atoms with E-state index >= 15 is 0 Å². The minimum atomic E-state index is 0.288. The van der Waals surface area contributed by atoms with E-state index in [0.717, 1.165) is 23.1 Å². The number of nitrogens with two attached hydrogens (primary N) is 1. The lowest BCUT2D eigenvalue weighted by molar-refractivity contribution is -0.120. The summed E-state index contributed by atoms with van der Waals surface area (Å²) in [5, 5.41) is 0. The van der Waals surface area contributed by atoms with Crippen LogP contribution in [0, 0.1) is 29.6 Å². The summed E-state index contributed by atoms with van der Waals surface area (Å²) < 4.78 is 0. The highest BCUT2D eigenvalue weighted by atomic mass is 32.1. The van der Waals surface area contributed by atoms with E-state index in [4.69, 9.17) is 18.0 Å². The van der Waals surface area contributed by atoms with Crippen LogP contribution < -0.4 is 10.6 Å². The fraction of sp³-hybridized carbons (Fsp3) is 0.529. The first-order valence-corrected chi connectivity index (χ1v) is 8.16. The first-order chi connectivity index (χ1) is 10.1. The summed E-state index contributed by atoms with van der Waals surface area (Å²) in [6.45, 7) is 0. The predicted molar refractivity (Wildman–Crippen MR) is 87.0 cm³/mol. The van der Waals surface area contributed by atoms with E-state index in [1.54, 1.807) is 0 Å². The molecule has 21 heavy (non-hydrogen) atoms. The Morgan fingerprint density at radius 2 is 1.76 bits per heavy atom. The van der Waals surface area contributed by atoms with Crippen LogP contribution in [0.4, 0.5) is 5.69 Å². The van der Waals surface area contributed by atoms with Crippen molar-refractivity contribution < 1.29 is 4.79 Å². The Hall–Kier alpha value is -1.42. The van der Waals surface area contributed by atoms with Crippen LogP contribution in [0.1, 0.15) is 24.8 Å². The molecule has 3 nitrogen and oxygen atoms in total. The molecule has 0 radical (unpaired) electrons. The Morgan fingerprint density at radius 1 is 1.19 bits per heavy atom. The van der Waals surface area contributed by atoms with E-state index < -0.39 is 0 Å². The van der Waals surface area contributed by atoms with E-state index in [9.17, 15) is 4.79 Å². The molecular weight excluding hydrogens is 280 g/mol. The first kappa shape index (κ1) is 13.3. The highest BCUT2D eigenvalue weighted by Crippen LogP contribution is 2.69. The molecule has 3 fully saturated rings. The standard InChI is InChI=1S/C17H20N2OS/c1-19(12-6-4-9(5-7-12)16(18)21)17(20)15-13-10-2-3-11(8-10)14(13)15/h4-7,10-11,13-15H,2-3,8H2,1H3,(H2,18,21). The lowest BCUT2D eigenvalue weighted by atomic mass is 10.0. The lowest BCUT2D eigenvalue weighted by Crippen LogP contribution is -2.30. The number of carbonyl (C=O) groups excluding carboxylic acids is 1. The summed E-state index contributed by atoms with van der Waals surface area (Å²) in [7, 11) is 1.88. The molecule has 0 saturated heterocycles. The molecule has 0 spiro atoms. The van der Waals surface area contributed by atoms with E-state index in [1.165, 1.54) is 19.3 Å². The molecule has 110 valence electrons. The molecule has 1 aromatic carbocycles. The number of benzene rings is 1. The zero-order valence-corrected chi connectivity index (χ0v) is 13.0. The van der Waals surface area contributed by atoms with Crippen LogP contribution in [0.25, 0.3) is 0 Å². The van der Waals surface area contributed by atoms with E-state index in [0.29, 0.717) is 22.7 Å². The van der Waals surface area contributed by atoms with Gasteiger partial charge in [0.1, 0.15) is 4.99 Å². The van der Waals surface area contributed by atoms with Crippen molar-refractivity contribution in [3.8, 4) is 0 Å². The molecule has 2 bridgehead atoms. The number of fused-ring (bicyclic) bond motifs is 5. The quantitative estimate of drug-likeness (QED) is 0.873. The van der Waals surface area contributed by atoms with Gasteiger partial charge in [-0.1, -0.05) is 12.2 Å². The van der Waals surface area contributed by atoms with E-state index in [1.807, 2.05) is 36.2 Å². The Balaban J connectivity index is 1.49. The topological polar surface area (TPSA) is 46.3 Å². The Kier molecular flexibility index (Phi) is 2.86. The van der Waals surface area contributed by atoms with Gasteiger partial charge in [0.15, 0.2) is 0 Å². The van der Waals surface area contributed by atoms with Crippen molar-refractivity contribution in [1.29, 1.82) is 0 Å². The van der Waals surface area contributed by atoms with Crippen molar-refractivity contribution >= 4 is 28.8 Å². The van der Waals surface area contributed by atoms with Crippen LogP contribution in [0.2, 0.25) is 0 Å². The van der Waals surface area contributed by atoms with Crippen molar-refractivity contribution in [2.75, 3.05) is 11.9 Å². The van der Waals surface area contributed by atoms with Gasteiger partial charge in [0.25, 0.3) is 0 Å². The number of anilines is 1. The molecule has 4 heteroatoms. The number of nitrogens with zero attached hydrogens (tertiary/aromatic N) is 1. The van der Waals surface area contributed by atoms with Gasteiger partial charge in [0.05, 0.1) is 0 Å². The van der Waals surface area contributed by atoms with Crippen LogP contribution in [0.15, 0.2) is 24.3 Å². The normalized spacial score (nSPS) is 35.4. The number of carbonyl (C=O) groups is 1. The van der Waals surface area contributed by atoms with Crippen molar-refractivity contribution in [2.45, 2.75) is 19.3 Å². The van der Waals surface area contributed by atoms with Gasteiger partial charge < -0.3 is 10.6 Å². The smallest absolute Gasteiger partial charge is 0.230 e. The molecule has 3 saturated carbocycles. The number of hydrogen-bond donors (Lipinski definition) is 1. The Morgan fingerprint density at radius 3 is 2.29 bits per heavy atom. The molecule has 0 aromatic heterocycles. The van der Waals surface area contributed by atoms with Gasteiger partial charge in [-0.05, 0) is 67.2 Å². The van der Waals surface area contributed by atoms with Crippen molar-refractivity contribution in [3.05, 3.63) is 29.8 Å². The average Bonchev–Trinajstić information content (AvgIpc) is 2.93. The lowest BCUT2D eigenvalue weighted by Gasteiger charge is -2.19. The molecule has 1 amide bonds. The molecule has 3 aliphatic carbocycles. The second-order valence-electron chi connectivity index (χ2n) is 6.82. The molecule has 4 unspecified atom stereocenters. The first-order valence-electron chi connectivity index (χ1n) is 7.75. The van der Waals surface area contributed by atoms with Crippen molar-refractivity contribution in [1.82, 2.24) is 0 Å². The van der Waals surface area contributed by atoms with Crippen LogP contribution in [-0.4, -0.2) is 17.9 Å². The fourth-order valence-electron chi connectivity index (χ4n) is 4.86. The average molecular weight is 300 g/mol. The minimum absolute atomic E-state index is 0.288. The second kappa shape index (κ2) is 4.54. The van der Waals surface area contributed by atoms with Crippen molar-refractivity contribution in [2.24, 2.45) is 35.3 Å². The largest absolute Gasteiger partial charge is 0.389 e. The third-order valence-corrected chi connectivity index (χ3v) is 6.13. The van der Waals surface area contributed by atoms with Gasteiger partial charge in [-0.15, -0.1) is 0 Å². The number of hydrogen-bond acceptors (Lipinski definition) is 2. The summed E-state index contributed by atoms with van der Waals surface area (Å²) >= 11 is 4.96. The Labute approximate surface area is 130 Å². The predicted octanol–water partition coefficient (Wildman–Crippen LogP) is 2.58. The third-order valence-electron chi connectivity index (χ3n) is 5.89. The summed E-state index contributed by atoms with van der Waals surface area (Å²) in [5.41, 5.74) is 7.38. The van der Waals surface area contributed by atoms with Crippen LogP contribution in [-0.2, 0) is 4.79 Å². The van der Waals surface area contributed by atoms with Crippen LogP contribution >= 0.6 is 12.2 Å². The summed E-state index contributed by atoms with van der Waals surface area (Å²) in [5.74, 6) is 3.63. The van der Waals surface area contributed by atoms with Gasteiger partial charge >= 0.3 is 0 Å². The highest BCUT2D eigenvalue weighted by molar-refractivity contribution is 7.80. The van der Waals surface area contributed by atoms with Gasteiger partial charge in [-0.3, -0.25) is 4.79 Å². The SMILES string of the molecule is CN(C(=O)C1C2C3CCC(C3)C12)c1ccc(C(N)=S)cc1. The summed E-state index contributed by atoms with van der Waals surface area (Å²) in [6.07, 6.45) is 4.08. The van der Waals surface area contributed by atoms with Gasteiger partial charge in [0, 0.05) is 24.2 Å². The minimum Gasteiger partial charge on any atom is -0.389 e. The second-order valence-corrected chi connectivity index (χ2v) is 7.26. The molecule has 4 atom stereocenters. The molecule has 4 rings (SSSR count). The third kappa shape index (κ3) is 1.92. The van der Waals surface area contributed by atoms with Crippen LogP contribution in [0.3, 0.4) is 0 Å². The Bertz CT molecular complexity index is 596. The number of thiocarbonyl (C=S) groups is 1. The molecule has 0 heterocycles. The van der Waals surface area contributed by atoms with Gasteiger partial charge in [0.2, 0.25) is 5.91 Å². The maximum absolute atomic E-state index is 12.7. The zero-order chi connectivity index (χ0) is 14.7. The van der Waals surface area contributed by atoms with Crippen LogP contribution in [0.5, 0.6) is 0 Å². The maximum atomic E-state index is 12.7. The van der Waals surface area contributed by atoms with Gasteiger partial charge in [-0.2, -0.15) is 0 Å². The molecule has 2 N–H and O–H groups in total. The molecular formula is C17H20N2OS. The summed E-state index contributed by atoms with van der Waals surface area (Å²) in [4.78, 5) is 14.9. The molecule has 1 aromatic rings. The highest BCUT2D eigenvalue weighted by Gasteiger charge is 2.67. The molecule has 0 aliphatic heterocycles. The monoisotopic (exact) mass is 300 g/mol. The number of amides is 1. The maximum Gasteiger partial charge on any atom is 0.230 e. The van der Waals surface area contributed by atoms with Crippen molar-refractivity contribution in [3.63, 3.8) is 0 Å². The molecule has 3 aliphatic rings. The van der Waals surface area contributed by atoms with Gasteiger partial charge in [-0.25, -0.2) is 0 Å². The zero-order valence-electron chi connectivity index (χ0n) is 12.2. The van der Waals surface area contributed by atoms with E-state index in [-0.39, 0.29) is 5.92 Å². The number of rotatable bonds is 3.